The SMILES string of the molecule is CCOCCC(Br)Cc1ccc2ccccc2n1. The summed E-state index contributed by atoms with van der Waals surface area (Å²) >= 11 is 3.69. The van der Waals surface area contributed by atoms with E-state index in [2.05, 4.69) is 45.2 Å². The highest BCUT2D eigenvalue weighted by Crippen LogP contribution is 2.16. The topological polar surface area (TPSA) is 22.1 Å². The molecule has 18 heavy (non-hydrogen) atoms. The number of pyridine rings is 1. The molecule has 0 aliphatic rings. The molecule has 0 spiro atoms. The van der Waals surface area contributed by atoms with Crippen molar-refractivity contribution >= 4 is 26.8 Å². The summed E-state index contributed by atoms with van der Waals surface area (Å²) in [5.74, 6) is 0. The largest absolute Gasteiger partial charge is 0.382 e. The number of rotatable bonds is 6. The number of benzene rings is 1. The highest BCUT2D eigenvalue weighted by Gasteiger charge is 2.07. The first-order chi connectivity index (χ1) is 8.79. The van der Waals surface area contributed by atoms with Gasteiger partial charge in [-0.2, -0.15) is 0 Å². The highest BCUT2D eigenvalue weighted by atomic mass is 79.9. The van der Waals surface area contributed by atoms with Crippen LogP contribution >= 0.6 is 15.9 Å². The molecule has 0 N–H and O–H groups in total. The van der Waals surface area contributed by atoms with Crippen LogP contribution in [0.5, 0.6) is 0 Å². The van der Waals surface area contributed by atoms with Gasteiger partial charge in [0.15, 0.2) is 0 Å². The smallest absolute Gasteiger partial charge is 0.0705 e. The Hall–Kier alpha value is -0.930. The van der Waals surface area contributed by atoms with Crippen molar-refractivity contribution in [2.24, 2.45) is 0 Å². The number of fused-ring (bicyclic) bond motifs is 1. The van der Waals surface area contributed by atoms with E-state index in [0.717, 1.165) is 37.3 Å². The number of nitrogens with zero attached hydrogens (tertiary/aromatic N) is 1. The second-order valence-electron chi connectivity index (χ2n) is 4.28. The van der Waals surface area contributed by atoms with Crippen molar-refractivity contribution < 1.29 is 4.74 Å². The van der Waals surface area contributed by atoms with Crippen molar-refractivity contribution in [3.8, 4) is 0 Å². The van der Waals surface area contributed by atoms with E-state index < -0.39 is 0 Å². The van der Waals surface area contributed by atoms with E-state index >= 15 is 0 Å². The van der Waals surface area contributed by atoms with Crippen LogP contribution in [0.25, 0.3) is 10.9 Å². The molecule has 0 aliphatic heterocycles. The zero-order chi connectivity index (χ0) is 12.8. The zero-order valence-electron chi connectivity index (χ0n) is 10.6. The van der Waals surface area contributed by atoms with Gasteiger partial charge in [-0.05, 0) is 25.5 Å². The molecule has 0 bridgehead atoms. The molecule has 0 amide bonds. The lowest BCUT2D eigenvalue weighted by Gasteiger charge is -2.09. The van der Waals surface area contributed by atoms with Crippen molar-refractivity contribution in [2.75, 3.05) is 13.2 Å². The van der Waals surface area contributed by atoms with Crippen molar-refractivity contribution in [1.82, 2.24) is 4.98 Å². The van der Waals surface area contributed by atoms with Gasteiger partial charge in [0, 0.05) is 35.5 Å². The van der Waals surface area contributed by atoms with Crippen LogP contribution in [-0.4, -0.2) is 23.0 Å². The number of para-hydroxylation sites is 1. The van der Waals surface area contributed by atoms with Crippen molar-refractivity contribution in [3.05, 3.63) is 42.1 Å². The first kappa shape index (κ1) is 13.5. The van der Waals surface area contributed by atoms with Gasteiger partial charge in [0.2, 0.25) is 0 Å². The third kappa shape index (κ3) is 3.79. The van der Waals surface area contributed by atoms with Gasteiger partial charge in [-0.15, -0.1) is 0 Å². The molecule has 1 unspecified atom stereocenters. The lowest BCUT2D eigenvalue weighted by Crippen LogP contribution is -2.08. The minimum absolute atomic E-state index is 0.428. The molecule has 1 atom stereocenters. The minimum Gasteiger partial charge on any atom is -0.382 e. The number of aromatic nitrogens is 1. The Morgan fingerprint density at radius 2 is 2.06 bits per heavy atom. The van der Waals surface area contributed by atoms with Gasteiger partial charge in [-0.1, -0.05) is 40.2 Å². The summed E-state index contributed by atoms with van der Waals surface area (Å²) in [5.41, 5.74) is 2.20. The quantitative estimate of drug-likeness (QED) is 0.595. The fourth-order valence-electron chi connectivity index (χ4n) is 1.91. The summed E-state index contributed by atoms with van der Waals surface area (Å²) < 4.78 is 5.36. The average Bonchev–Trinajstić information content (AvgIpc) is 2.39. The summed E-state index contributed by atoms with van der Waals surface area (Å²) in [4.78, 5) is 5.10. The summed E-state index contributed by atoms with van der Waals surface area (Å²) in [5, 5.41) is 1.20. The molecular weight excluding hydrogens is 290 g/mol. The fraction of sp³-hybridized carbons (Fsp3) is 0.400. The Morgan fingerprint density at radius 1 is 1.22 bits per heavy atom. The summed E-state index contributed by atoms with van der Waals surface area (Å²) in [6.45, 7) is 3.61. The van der Waals surface area contributed by atoms with E-state index in [4.69, 9.17) is 4.74 Å². The first-order valence-electron chi connectivity index (χ1n) is 6.36. The maximum Gasteiger partial charge on any atom is 0.0705 e. The first-order valence-corrected chi connectivity index (χ1v) is 7.27. The Kier molecular flexibility index (Phi) is 5.14. The molecule has 0 radical (unpaired) electrons. The fourth-order valence-corrected chi connectivity index (χ4v) is 2.43. The van der Waals surface area contributed by atoms with E-state index in [1.807, 2.05) is 19.1 Å². The molecule has 1 aromatic heterocycles. The predicted molar refractivity (Wildman–Crippen MR) is 79.3 cm³/mol. The van der Waals surface area contributed by atoms with Gasteiger partial charge in [0.1, 0.15) is 0 Å². The standard InChI is InChI=1S/C15H18BrNO/c1-2-18-10-9-13(16)11-14-8-7-12-5-3-4-6-15(12)17-14/h3-8,13H,2,9-11H2,1H3. The van der Waals surface area contributed by atoms with Gasteiger partial charge in [0.05, 0.1) is 5.52 Å². The van der Waals surface area contributed by atoms with Crippen LogP contribution < -0.4 is 0 Å². The molecule has 96 valence electrons. The normalized spacial score (nSPS) is 12.8. The molecule has 1 aromatic carbocycles. The summed E-state index contributed by atoms with van der Waals surface area (Å²) in [6, 6.07) is 12.5. The monoisotopic (exact) mass is 307 g/mol. The Labute approximate surface area is 117 Å². The third-order valence-corrected chi connectivity index (χ3v) is 3.65. The molecule has 3 heteroatoms. The van der Waals surface area contributed by atoms with Crippen LogP contribution in [0.15, 0.2) is 36.4 Å². The molecule has 0 aliphatic carbocycles. The number of hydrogen-bond donors (Lipinski definition) is 0. The number of alkyl halides is 1. The summed E-state index contributed by atoms with van der Waals surface area (Å²) in [6.07, 6.45) is 1.96. The van der Waals surface area contributed by atoms with Gasteiger partial charge in [-0.3, -0.25) is 4.98 Å². The predicted octanol–water partition coefficient (Wildman–Crippen LogP) is 3.97. The molecule has 0 saturated heterocycles. The Morgan fingerprint density at radius 3 is 2.89 bits per heavy atom. The number of ether oxygens (including phenoxy) is 1. The van der Waals surface area contributed by atoms with Crippen LogP contribution in [0.4, 0.5) is 0 Å². The lowest BCUT2D eigenvalue weighted by atomic mass is 10.1. The van der Waals surface area contributed by atoms with Gasteiger partial charge >= 0.3 is 0 Å². The van der Waals surface area contributed by atoms with Crippen molar-refractivity contribution in [1.29, 1.82) is 0 Å². The second kappa shape index (κ2) is 6.86. The molecule has 2 aromatic rings. The van der Waals surface area contributed by atoms with Crippen LogP contribution in [0.3, 0.4) is 0 Å². The van der Waals surface area contributed by atoms with E-state index in [1.165, 1.54) is 5.39 Å². The van der Waals surface area contributed by atoms with E-state index in [-0.39, 0.29) is 0 Å². The van der Waals surface area contributed by atoms with E-state index in [0.29, 0.717) is 4.83 Å². The lowest BCUT2D eigenvalue weighted by molar-refractivity contribution is 0.145. The van der Waals surface area contributed by atoms with E-state index in [9.17, 15) is 0 Å². The van der Waals surface area contributed by atoms with Gasteiger partial charge in [0.25, 0.3) is 0 Å². The molecular formula is C15H18BrNO. The average molecular weight is 308 g/mol. The van der Waals surface area contributed by atoms with Crippen LogP contribution in [0, 0.1) is 0 Å². The molecule has 1 heterocycles. The molecule has 0 fully saturated rings. The summed E-state index contributed by atoms with van der Waals surface area (Å²) in [7, 11) is 0. The van der Waals surface area contributed by atoms with Crippen LogP contribution in [-0.2, 0) is 11.2 Å². The van der Waals surface area contributed by atoms with Crippen molar-refractivity contribution in [3.63, 3.8) is 0 Å². The molecule has 0 saturated carbocycles. The Balaban J connectivity index is 1.98. The maximum absolute atomic E-state index is 5.36. The zero-order valence-corrected chi connectivity index (χ0v) is 12.2. The van der Waals surface area contributed by atoms with Crippen LogP contribution in [0.1, 0.15) is 19.0 Å². The van der Waals surface area contributed by atoms with Crippen LogP contribution in [0.2, 0.25) is 0 Å². The number of halogens is 1. The van der Waals surface area contributed by atoms with Crippen molar-refractivity contribution in [2.45, 2.75) is 24.6 Å². The van der Waals surface area contributed by atoms with E-state index in [1.54, 1.807) is 0 Å². The van der Waals surface area contributed by atoms with Gasteiger partial charge < -0.3 is 4.74 Å². The Bertz CT molecular complexity index is 501. The van der Waals surface area contributed by atoms with Gasteiger partial charge in [-0.25, -0.2) is 0 Å². The third-order valence-electron chi connectivity index (χ3n) is 2.87. The highest BCUT2D eigenvalue weighted by molar-refractivity contribution is 9.09. The second-order valence-corrected chi connectivity index (χ2v) is 5.58. The molecule has 2 rings (SSSR count). The maximum atomic E-state index is 5.36. The minimum atomic E-state index is 0.428. The molecule has 2 nitrogen and oxygen atoms in total. The number of hydrogen-bond acceptors (Lipinski definition) is 2.